The van der Waals surface area contributed by atoms with Crippen molar-refractivity contribution in [3.63, 3.8) is 0 Å². The molecule has 1 saturated heterocycles. The number of aryl methyl sites for hydroxylation is 1. The third-order valence-electron chi connectivity index (χ3n) is 2.71. The van der Waals surface area contributed by atoms with Gasteiger partial charge in [-0.2, -0.15) is 0 Å². The molecule has 2 atom stereocenters. The van der Waals surface area contributed by atoms with Gasteiger partial charge in [0.1, 0.15) is 5.37 Å². The molecular formula is C11H15NO2S2. The largest absolute Gasteiger partial charge is 0.395 e. The summed E-state index contributed by atoms with van der Waals surface area (Å²) in [6.07, 6.45) is 0. The molecule has 5 heteroatoms. The molecule has 1 aliphatic rings. The Bertz CT molecular complexity index is 391. The molecule has 0 bridgehead atoms. The molecule has 0 aliphatic carbocycles. The lowest BCUT2D eigenvalue weighted by Crippen LogP contribution is -2.32. The van der Waals surface area contributed by atoms with Crippen LogP contribution in [0.4, 0.5) is 0 Å². The minimum atomic E-state index is -0.00181. The van der Waals surface area contributed by atoms with Gasteiger partial charge in [0.2, 0.25) is 5.91 Å². The molecule has 3 nitrogen and oxygen atoms in total. The number of thioether (sulfide) groups is 1. The molecule has 0 saturated carbocycles. The van der Waals surface area contributed by atoms with Gasteiger partial charge in [0.05, 0.1) is 11.9 Å². The first-order chi connectivity index (χ1) is 7.65. The molecular weight excluding hydrogens is 242 g/mol. The second-order valence-electron chi connectivity index (χ2n) is 3.85. The molecule has 1 amide bonds. The lowest BCUT2D eigenvalue weighted by atomic mass is 10.2. The topological polar surface area (TPSA) is 40.5 Å². The Labute approximate surface area is 103 Å². The Balaban J connectivity index is 2.27. The fourth-order valence-corrected chi connectivity index (χ4v) is 4.40. The third-order valence-corrected chi connectivity index (χ3v) is 5.29. The molecule has 1 N–H and O–H groups in total. The number of thiophene rings is 1. The molecule has 1 aromatic heterocycles. The summed E-state index contributed by atoms with van der Waals surface area (Å²) in [5.74, 6) is 0.136. The monoisotopic (exact) mass is 257 g/mol. The minimum Gasteiger partial charge on any atom is -0.395 e. The fraction of sp³-hybridized carbons (Fsp3) is 0.545. The van der Waals surface area contributed by atoms with Gasteiger partial charge in [0, 0.05) is 11.4 Å². The van der Waals surface area contributed by atoms with Gasteiger partial charge in [-0.1, -0.05) is 0 Å². The van der Waals surface area contributed by atoms with Crippen LogP contribution < -0.4 is 0 Å². The first kappa shape index (κ1) is 12.0. The Morgan fingerprint density at radius 2 is 2.31 bits per heavy atom. The van der Waals surface area contributed by atoms with Crippen molar-refractivity contribution >= 4 is 29.0 Å². The standard InChI is InChI=1S/C11H15NO2S2/c1-7-3-6-15-9(7)11-12(4-5-13)10(14)8(2)16-11/h3,6,8,11,13H,4-5H2,1-2H3/t8-,11-/m0/s1. The number of β-amino-alcohol motifs (C(OH)–C–C–N with tert-alkyl or cyclic N) is 1. The van der Waals surface area contributed by atoms with E-state index in [0.717, 1.165) is 0 Å². The van der Waals surface area contributed by atoms with Crippen LogP contribution in [0.1, 0.15) is 22.7 Å². The summed E-state index contributed by atoms with van der Waals surface area (Å²) in [5.41, 5.74) is 1.23. The first-order valence-electron chi connectivity index (χ1n) is 5.26. The Kier molecular flexibility index (Phi) is 3.56. The number of amides is 1. The third kappa shape index (κ3) is 1.99. The molecule has 0 aromatic carbocycles. The van der Waals surface area contributed by atoms with E-state index in [1.807, 2.05) is 6.92 Å². The molecule has 1 aliphatic heterocycles. The average Bonchev–Trinajstić information content (AvgIpc) is 2.77. The van der Waals surface area contributed by atoms with Crippen LogP contribution in [0.15, 0.2) is 11.4 Å². The van der Waals surface area contributed by atoms with Crippen LogP contribution in [0.3, 0.4) is 0 Å². The van der Waals surface area contributed by atoms with E-state index in [1.165, 1.54) is 10.4 Å². The summed E-state index contributed by atoms with van der Waals surface area (Å²) in [7, 11) is 0. The molecule has 1 aromatic rings. The smallest absolute Gasteiger partial charge is 0.236 e. The van der Waals surface area contributed by atoms with Crippen molar-refractivity contribution in [2.75, 3.05) is 13.2 Å². The molecule has 88 valence electrons. The van der Waals surface area contributed by atoms with Crippen LogP contribution in [0.25, 0.3) is 0 Å². The molecule has 1 fully saturated rings. The van der Waals surface area contributed by atoms with Crippen molar-refractivity contribution in [1.29, 1.82) is 0 Å². The molecule has 2 heterocycles. The first-order valence-corrected chi connectivity index (χ1v) is 7.08. The lowest BCUT2D eigenvalue weighted by Gasteiger charge is -2.22. The van der Waals surface area contributed by atoms with Crippen molar-refractivity contribution in [3.8, 4) is 0 Å². The van der Waals surface area contributed by atoms with Crippen LogP contribution in [0.5, 0.6) is 0 Å². The second kappa shape index (κ2) is 4.77. The maximum absolute atomic E-state index is 11.9. The highest BCUT2D eigenvalue weighted by atomic mass is 32.2. The highest BCUT2D eigenvalue weighted by Crippen LogP contribution is 2.45. The van der Waals surface area contributed by atoms with Crippen molar-refractivity contribution in [1.82, 2.24) is 4.90 Å². The highest BCUT2D eigenvalue weighted by molar-refractivity contribution is 8.01. The number of carbonyl (C=O) groups excluding carboxylic acids is 1. The second-order valence-corrected chi connectivity index (χ2v) is 6.23. The van der Waals surface area contributed by atoms with E-state index in [-0.39, 0.29) is 23.1 Å². The van der Waals surface area contributed by atoms with E-state index in [2.05, 4.69) is 18.4 Å². The Hall–Kier alpha value is -0.520. The molecule has 0 radical (unpaired) electrons. The van der Waals surface area contributed by atoms with Gasteiger partial charge < -0.3 is 10.0 Å². The molecule has 0 spiro atoms. The summed E-state index contributed by atoms with van der Waals surface area (Å²) in [4.78, 5) is 14.9. The number of hydrogen-bond donors (Lipinski definition) is 1. The number of carbonyl (C=O) groups is 1. The van der Waals surface area contributed by atoms with E-state index < -0.39 is 0 Å². The Morgan fingerprint density at radius 1 is 1.56 bits per heavy atom. The SMILES string of the molecule is Cc1ccsc1[C@@H]1S[C@@H](C)C(=O)N1CCO. The molecule has 2 rings (SSSR count). The maximum Gasteiger partial charge on any atom is 0.236 e. The number of hydrogen-bond acceptors (Lipinski definition) is 4. The van der Waals surface area contributed by atoms with Crippen LogP contribution in [0, 0.1) is 6.92 Å². The summed E-state index contributed by atoms with van der Waals surface area (Å²) in [5, 5.41) is 11.2. The van der Waals surface area contributed by atoms with Gasteiger partial charge in [0.15, 0.2) is 0 Å². The summed E-state index contributed by atoms with van der Waals surface area (Å²) >= 11 is 3.35. The van der Waals surface area contributed by atoms with Crippen LogP contribution in [-0.4, -0.2) is 34.3 Å². The zero-order chi connectivity index (χ0) is 11.7. The van der Waals surface area contributed by atoms with Gasteiger partial charge in [-0.25, -0.2) is 0 Å². The van der Waals surface area contributed by atoms with E-state index >= 15 is 0 Å². The summed E-state index contributed by atoms with van der Waals surface area (Å²) < 4.78 is 0. The van der Waals surface area contributed by atoms with Crippen molar-refractivity contribution in [2.24, 2.45) is 0 Å². The van der Waals surface area contributed by atoms with Crippen molar-refractivity contribution in [2.45, 2.75) is 24.5 Å². The predicted octanol–water partition coefficient (Wildman–Crippen LogP) is 2.01. The maximum atomic E-state index is 11.9. The van der Waals surface area contributed by atoms with Crippen molar-refractivity contribution in [3.05, 3.63) is 21.9 Å². The number of nitrogens with zero attached hydrogens (tertiary/aromatic N) is 1. The van der Waals surface area contributed by atoms with Gasteiger partial charge in [-0.05, 0) is 30.9 Å². The van der Waals surface area contributed by atoms with E-state index in [4.69, 9.17) is 5.11 Å². The zero-order valence-electron chi connectivity index (χ0n) is 9.34. The van der Waals surface area contributed by atoms with Gasteiger partial charge in [0.25, 0.3) is 0 Å². The predicted molar refractivity (Wildman–Crippen MR) is 67.6 cm³/mol. The summed E-state index contributed by atoms with van der Waals surface area (Å²) in [6, 6.07) is 2.07. The van der Waals surface area contributed by atoms with E-state index in [9.17, 15) is 4.79 Å². The Morgan fingerprint density at radius 3 is 2.88 bits per heavy atom. The summed E-state index contributed by atoms with van der Waals surface area (Å²) in [6.45, 7) is 4.45. The average molecular weight is 257 g/mol. The number of aliphatic hydroxyl groups is 1. The van der Waals surface area contributed by atoms with Crippen LogP contribution in [-0.2, 0) is 4.79 Å². The van der Waals surface area contributed by atoms with Gasteiger partial charge >= 0.3 is 0 Å². The van der Waals surface area contributed by atoms with E-state index in [0.29, 0.717) is 6.54 Å². The van der Waals surface area contributed by atoms with Gasteiger partial charge in [-0.3, -0.25) is 4.79 Å². The van der Waals surface area contributed by atoms with Crippen LogP contribution in [0.2, 0.25) is 0 Å². The zero-order valence-corrected chi connectivity index (χ0v) is 11.0. The molecule has 16 heavy (non-hydrogen) atoms. The normalized spacial score (nSPS) is 25.4. The highest BCUT2D eigenvalue weighted by Gasteiger charge is 2.39. The fourth-order valence-electron chi connectivity index (χ4n) is 1.85. The quantitative estimate of drug-likeness (QED) is 0.900. The number of aliphatic hydroxyl groups excluding tert-OH is 1. The van der Waals surface area contributed by atoms with Crippen molar-refractivity contribution < 1.29 is 9.90 Å². The van der Waals surface area contributed by atoms with E-state index in [1.54, 1.807) is 28.0 Å². The number of rotatable bonds is 3. The minimum absolute atomic E-state index is 0.00181. The molecule has 0 unspecified atom stereocenters. The van der Waals surface area contributed by atoms with Gasteiger partial charge in [-0.15, -0.1) is 23.1 Å². The lowest BCUT2D eigenvalue weighted by molar-refractivity contribution is -0.130. The van der Waals surface area contributed by atoms with Crippen LogP contribution >= 0.6 is 23.1 Å².